The van der Waals surface area contributed by atoms with Crippen LogP contribution in [0.5, 0.6) is 0 Å². The molecule has 0 unspecified atom stereocenters. The standard InChI is InChI=1S/C11H22N2O2/c1-5-6-13(8-7-12(3)4)11(15)9-10(2)14/h5-9H2,1-4H3. The summed E-state index contributed by atoms with van der Waals surface area (Å²) in [6.07, 6.45) is 0.963. The van der Waals surface area contributed by atoms with Crippen molar-refractivity contribution in [1.82, 2.24) is 9.80 Å². The van der Waals surface area contributed by atoms with Crippen molar-refractivity contribution in [3.63, 3.8) is 0 Å². The maximum Gasteiger partial charge on any atom is 0.230 e. The molecule has 0 spiro atoms. The second-order valence-corrected chi connectivity index (χ2v) is 4.06. The lowest BCUT2D eigenvalue weighted by molar-refractivity contribution is -0.135. The van der Waals surface area contributed by atoms with Gasteiger partial charge in [0.2, 0.25) is 5.91 Å². The molecule has 4 nitrogen and oxygen atoms in total. The Bertz CT molecular complexity index is 215. The van der Waals surface area contributed by atoms with E-state index in [0.29, 0.717) is 6.54 Å². The molecule has 0 saturated heterocycles. The monoisotopic (exact) mass is 214 g/mol. The summed E-state index contributed by atoms with van der Waals surface area (Å²) in [5.74, 6) is -0.114. The first kappa shape index (κ1) is 14.1. The fraction of sp³-hybridized carbons (Fsp3) is 0.818. The van der Waals surface area contributed by atoms with Gasteiger partial charge in [-0.05, 0) is 27.4 Å². The van der Waals surface area contributed by atoms with Crippen molar-refractivity contribution < 1.29 is 9.59 Å². The lowest BCUT2D eigenvalue weighted by Gasteiger charge is -2.23. The van der Waals surface area contributed by atoms with Crippen molar-refractivity contribution in [3.05, 3.63) is 0 Å². The summed E-state index contributed by atoms with van der Waals surface area (Å²) in [5, 5.41) is 0. The van der Waals surface area contributed by atoms with E-state index in [0.717, 1.165) is 19.5 Å². The first-order valence-corrected chi connectivity index (χ1v) is 5.39. The highest BCUT2D eigenvalue weighted by molar-refractivity contribution is 5.96. The normalized spacial score (nSPS) is 10.5. The molecule has 15 heavy (non-hydrogen) atoms. The third-order valence-corrected chi connectivity index (χ3v) is 2.06. The Hall–Kier alpha value is -0.900. The number of rotatable bonds is 7. The second-order valence-electron chi connectivity index (χ2n) is 4.06. The zero-order valence-corrected chi connectivity index (χ0v) is 10.2. The van der Waals surface area contributed by atoms with Gasteiger partial charge in [0, 0.05) is 19.6 Å². The maximum absolute atomic E-state index is 11.6. The molecule has 0 fully saturated rings. The zero-order chi connectivity index (χ0) is 11.8. The molecule has 1 amide bonds. The number of hydrogen-bond acceptors (Lipinski definition) is 3. The van der Waals surface area contributed by atoms with Crippen molar-refractivity contribution in [2.24, 2.45) is 0 Å². The number of Topliss-reactive ketones (excluding diaryl/α,β-unsaturated/α-hetero) is 1. The first-order chi connectivity index (χ1) is 6.97. The number of carbonyl (C=O) groups excluding carboxylic acids is 2. The Morgan fingerprint density at radius 1 is 1.07 bits per heavy atom. The summed E-state index contributed by atoms with van der Waals surface area (Å²) < 4.78 is 0. The van der Waals surface area contributed by atoms with Crippen LogP contribution < -0.4 is 0 Å². The Balaban J connectivity index is 4.12. The van der Waals surface area contributed by atoms with Gasteiger partial charge in [0.15, 0.2) is 0 Å². The van der Waals surface area contributed by atoms with E-state index < -0.39 is 0 Å². The molecular formula is C11H22N2O2. The van der Waals surface area contributed by atoms with E-state index in [9.17, 15) is 9.59 Å². The molecular weight excluding hydrogens is 192 g/mol. The van der Waals surface area contributed by atoms with Crippen molar-refractivity contribution in [2.75, 3.05) is 33.7 Å². The van der Waals surface area contributed by atoms with Crippen LogP contribution in [-0.2, 0) is 9.59 Å². The zero-order valence-electron chi connectivity index (χ0n) is 10.2. The van der Waals surface area contributed by atoms with Gasteiger partial charge in [-0.15, -0.1) is 0 Å². The highest BCUT2D eigenvalue weighted by atomic mass is 16.2. The average molecular weight is 214 g/mol. The van der Waals surface area contributed by atoms with E-state index in [2.05, 4.69) is 0 Å². The Kier molecular flexibility index (Phi) is 6.96. The van der Waals surface area contributed by atoms with Gasteiger partial charge in [-0.25, -0.2) is 0 Å². The molecule has 0 rings (SSSR count). The summed E-state index contributed by atoms with van der Waals surface area (Å²) >= 11 is 0. The van der Waals surface area contributed by atoms with Gasteiger partial charge in [0.25, 0.3) is 0 Å². The molecule has 0 aliphatic heterocycles. The van der Waals surface area contributed by atoms with Crippen LogP contribution in [0.2, 0.25) is 0 Å². The van der Waals surface area contributed by atoms with Crippen LogP contribution >= 0.6 is 0 Å². The third-order valence-electron chi connectivity index (χ3n) is 2.06. The van der Waals surface area contributed by atoms with Crippen LogP contribution in [0.25, 0.3) is 0 Å². The molecule has 0 N–H and O–H groups in total. The Morgan fingerprint density at radius 2 is 1.67 bits per heavy atom. The van der Waals surface area contributed by atoms with E-state index in [1.165, 1.54) is 6.92 Å². The molecule has 0 heterocycles. The fourth-order valence-electron chi connectivity index (χ4n) is 1.28. The second kappa shape index (κ2) is 7.40. The van der Waals surface area contributed by atoms with Gasteiger partial charge < -0.3 is 9.80 Å². The minimum Gasteiger partial charge on any atom is -0.341 e. The van der Waals surface area contributed by atoms with Gasteiger partial charge in [-0.2, -0.15) is 0 Å². The molecule has 0 radical (unpaired) electrons. The number of carbonyl (C=O) groups is 2. The molecule has 0 aromatic heterocycles. The first-order valence-electron chi connectivity index (χ1n) is 5.39. The van der Waals surface area contributed by atoms with Crippen LogP contribution in [0.15, 0.2) is 0 Å². The van der Waals surface area contributed by atoms with Crippen LogP contribution in [0.1, 0.15) is 26.7 Å². The van der Waals surface area contributed by atoms with Gasteiger partial charge in [-0.1, -0.05) is 6.92 Å². The summed E-state index contributed by atoms with van der Waals surface area (Å²) in [5.41, 5.74) is 0. The minimum atomic E-state index is -0.0639. The van der Waals surface area contributed by atoms with E-state index in [1.54, 1.807) is 4.90 Å². The van der Waals surface area contributed by atoms with E-state index in [-0.39, 0.29) is 18.1 Å². The Labute approximate surface area is 92.2 Å². The van der Waals surface area contributed by atoms with Crippen molar-refractivity contribution >= 4 is 11.7 Å². The number of nitrogens with zero attached hydrogens (tertiary/aromatic N) is 2. The molecule has 0 aromatic rings. The number of amides is 1. The molecule has 0 atom stereocenters. The van der Waals surface area contributed by atoms with Crippen molar-refractivity contribution in [1.29, 1.82) is 0 Å². The van der Waals surface area contributed by atoms with Gasteiger partial charge >= 0.3 is 0 Å². The molecule has 0 aromatic carbocycles. The predicted molar refractivity (Wildman–Crippen MR) is 60.7 cm³/mol. The van der Waals surface area contributed by atoms with E-state index in [1.807, 2.05) is 25.9 Å². The number of ketones is 1. The van der Waals surface area contributed by atoms with Crippen molar-refractivity contribution in [3.8, 4) is 0 Å². The largest absolute Gasteiger partial charge is 0.341 e. The summed E-state index contributed by atoms with van der Waals surface area (Å²) in [4.78, 5) is 26.3. The predicted octanol–water partition coefficient (Wildman–Crippen LogP) is 0.766. The van der Waals surface area contributed by atoms with Crippen molar-refractivity contribution in [2.45, 2.75) is 26.7 Å². The SMILES string of the molecule is CCCN(CCN(C)C)C(=O)CC(C)=O. The van der Waals surface area contributed by atoms with Gasteiger partial charge in [-0.3, -0.25) is 9.59 Å². The summed E-state index contributed by atoms with van der Waals surface area (Å²) in [6.45, 7) is 5.76. The van der Waals surface area contributed by atoms with Crippen LogP contribution in [0, 0.1) is 0 Å². The third kappa shape index (κ3) is 7.08. The maximum atomic E-state index is 11.6. The number of likely N-dealkylation sites (N-methyl/N-ethyl adjacent to an activating group) is 1. The molecule has 0 bridgehead atoms. The van der Waals surface area contributed by atoms with Crippen LogP contribution in [0.3, 0.4) is 0 Å². The lowest BCUT2D eigenvalue weighted by atomic mass is 10.2. The van der Waals surface area contributed by atoms with Gasteiger partial charge in [0.1, 0.15) is 5.78 Å². The highest BCUT2D eigenvalue weighted by Gasteiger charge is 2.14. The lowest BCUT2D eigenvalue weighted by Crippen LogP contribution is -2.37. The highest BCUT2D eigenvalue weighted by Crippen LogP contribution is 1.98. The van der Waals surface area contributed by atoms with E-state index >= 15 is 0 Å². The fourth-order valence-corrected chi connectivity index (χ4v) is 1.28. The minimum absolute atomic E-state index is 0.0351. The number of hydrogen-bond donors (Lipinski definition) is 0. The van der Waals surface area contributed by atoms with Crippen LogP contribution in [0.4, 0.5) is 0 Å². The van der Waals surface area contributed by atoms with Crippen LogP contribution in [-0.4, -0.2) is 55.2 Å². The topological polar surface area (TPSA) is 40.6 Å². The molecule has 88 valence electrons. The van der Waals surface area contributed by atoms with E-state index in [4.69, 9.17) is 0 Å². The summed E-state index contributed by atoms with van der Waals surface area (Å²) in [6, 6.07) is 0. The average Bonchev–Trinajstić information content (AvgIpc) is 2.10. The summed E-state index contributed by atoms with van der Waals surface area (Å²) in [7, 11) is 3.94. The quantitative estimate of drug-likeness (QED) is 0.588. The molecule has 0 aliphatic carbocycles. The smallest absolute Gasteiger partial charge is 0.230 e. The van der Waals surface area contributed by atoms with Gasteiger partial charge in [0.05, 0.1) is 6.42 Å². The molecule has 0 aliphatic rings. The molecule has 0 saturated carbocycles. The Morgan fingerprint density at radius 3 is 2.07 bits per heavy atom. The molecule has 4 heteroatoms.